The van der Waals surface area contributed by atoms with Crippen molar-refractivity contribution in [1.82, 2.24) is 19.8 Å². The Hall–Kier alpha value is -3.68. The van der Waals surface area contributed by atoms with E-state index < -0.39 is 0 Å². The molecular weight excluding hydrogens is 320 g/mol. The van der Waals surface area contributed by atoms with E-state index in [1.54, 1.807) is 35.3 Å². The van der Waals surface area contributed by atoms with Gasteiger partial charge in [-0.3, -0.25) is 5.43 Å². The summed E-state index contributed by atoms with van der Waals surface area (Å²) in [7, 11) is 1.50. The third-order valence-electron chi connectivity index (χ3n) is 3.75. The number of benzene rings is 2. The van der Waals surface area contributed by atoms with Crippen molar-refractivity contribution in [2.24, 2.45) is 5.10 Å². The Morgan fingerprint density at radius 3 is 2.88 bits per heavy atom. The van der Waals surface area contributed by atoms with Crippen LogP contribution in [0.15, 0.2) is 53.9 Å². The predicted molar refractivity (Wildman–Crippen MR) is 94.2 cm³/mol. The van der Waals surface area contributed by atoms with Crippen LogP contribution in [0, 0.1) is 0 Å². The molecule has 0 fully saturated rings. The largest absolute Gasteiger partial charge is 0.504 e. The van der Waals surface area contributed by atoms with Crippen LogP contribution in [0.1, 0.15) is 5.56 Å². The van der Waals surface area contributed by atoms with Crippen LogP contribution >= 0.6 is 0 Å². The molecule has 0 spiro atoms. The highest BCUT2D eigenvalue weighted by molar-refractivity contribution is 5.99. The Morgan fingerprint density at radius 2 is 2.04 bits per heavy atom. The lowest BCUT2D eigenvalue weighted by Crippen LogP contribution is -2.00. The summed E-state index contributed by atoms with van der Waals surface area (Å²) in [6.07, 6.45) is 3.16. The molecule has 2 aromatic heterocycles. The number of rotatable bonds is 4. The van der Waals surface area contributed by atoms with Crippen LogP contribution in [0.25, 0.3) is 16.4 Å². The van der Waals surface area contributed by atoms with E-state index in [0.29, 0.717) is 17.2 Å². The summed E-state index contributed by atoms with van der Waals surface area (Å²) in [6, 6.07) is 12.7. The second-order valence-corrected chi connectivity index (χ2v) is 5.29. The average Bonchev–Trinajstić information content (AvgIpc) is 3.12. The van der Waals surface area contributed by atoms with Crippen LogP contribution in [0.4, 0.5) is 5.82 Å². The number of aromatic nitrogens is 4. The first-order chi connectivity index (χ1) is 12.3. The maximum absolute atomic E-state index is 9.63. The molecule has 2 N–H and O–H groups in total. The molecule has 0 amide bonds. The molecule has 2 heterocycles. The number of ether oxygens (including phenoxy) is 1. The molecule has 0 atom stereocenters. The molecule has 0 aliphatic carbocycles. The van der Waals surface area contributed by atoms with Crippen LogP contribution in [0.2, 0.25) is 0 Å². The highest BCUT2D eigenvalue weighted by Gasteiger charge is 2.09. The van der Waals surface area contributed by atoms with Crippen LogP contribution in [-0.4, -0.2) is 38.2 Å². The Labute approximate surface area is 142 Å². The highest BCUT2D eigenvalue weighted by Crippen LogP contribution is 2.26. The maximum atomic E-state index is 9.63. The lowest BCUT2D eigenvalue weighted by atomic mass is 10.2. The number of hydrogen-bond acceptors (Lipinski definition) is 7. The molecule has 124 valence electrons. The summed E-state index contributed by atoms with van der Waals surface area (Å²) in [4.78, 5) is 0. The fourth-order valence-electron chi connectivity index (χ4n) is 2.55. The number of methoxy groups -OCH3 is 1. The molecule has 0 radical (unpaired) electrons. The molecular formula is C17H14N6O2. The lowest BCUT2D eigenvalue weighted by Gasteiger charge is -2.06. The monoisotopic (exact) mass is 334 g/mol. The summed E-state index contributed by atoms with van der Waals surface area (Å²) in [5.74, 6) is 1.06. The normalized spacial score (nSPS) is 11.4. The van der Waals surface area contributed by atoms with E-state index in [4.69, 9.17) is 4.74 Å². The summed E-state index contributed by atoms with van der Waals surface area (Å²) in [6.45, 7) is 0. The van der Waals surface area contributed by atoms with E-state index in [1.165, 1.54) is 7.11 Å². The third-order valence-corrected chi connectivity index (χ3v) is 3.75. The smallest absolute Gasteiger partial charge is 0.185 e. The maximum Gasteiger partial charge on any atom is 0.185 e. The van der Waals surface area contributed by atoms with Gasteiger partial charge in [-0.05, 0) is 23.8 Å². The van der Waals surface area contributed by atoms with Crippen molar-refractivity contribution in [3.8, 4) is 11.5 Å². The van der Waals surface area contributed by atoms with Gasteiger partial charge in [0.15, 0.2) is 23.0 Å². The number of nitrogens with zero attached hydrogens (tertiary/aromatic N) is 5. The number of aromatic hydroxyl groups is 1. The highest BCUT2D eigenvalue weighted by atomic mass is 16.5. The molecule has 4 aromatic rings. The van der Waals surface area contributed by atoms with Crippen molar-refractivity contribution in [3.63, 3.8) is 0 Å². The van der Waals surface area contributed by atoms with Crippen molar-refractivity contribution >= 4 is 28.5 Å². The van der Waals surface area contributed by atoms with Crippen molar-refractivity contribution < 1.29 is 9.84 Å². The van der Waals surface area contributed by atoms with E-state index in [-0.39, 0.29) is 5.75 Å². The first kappa shape index (κ1) is 14.9. The third kappa shape index (κ3) is 2.69. The topological polar surface area (TPSA) is 96.9 Å². The predicted octanol–water partition coefficient (Wildman–Crippen LogP) is 2.44. The zero-order valence-electron chi connectivity index (χ0n) is 13.3. The van der Waals surface area contributed by atoms with Gasteiger partial charge in [0, 0.05) is 10.8 Å². The fourth-order valence-corrected chi connectivity index (χ4v) is 2.55. The second kappa shape index (κ2) is 6.08. The molecule has 0 saturated carbocycles. The molecule has 0 saturated heterocycles. The summed E-state index contributed by atoms with van der Waals surface area (Å²) >= 11 is 0. The van der Waals surface area contributed by atoms with Gasteiger partial charge in [0.2, 0.25) is 0 Å². The van der Waals surface area contributed by atoms with Crippen molar-refractivity contribution in [2.45, 2.75) is 0 Å². The SMILES string of the molecule is COc1cc(/C=N\Nc2nn3cnnc3c3ccccc23)ccc1O. The number of hydrazone groups is 1. The Kier molecular flexibility index (Phi) is 3.62. The zero-order valence-corrected chi connectivity index (χ0v) is 13.3. The van der Waals surface area contributed by atoms with E-state index >= 15 is 0 Å². The van der Waals surface area contributed by atoms with Crippen LogP contribution in [0.5, 0.6) is 11.5 Å². The molecule has 4 rings (SSSR count). The number of phenolic OH excluding ortho intramolecular Hbond substituents is 1. The molecule has 0 aliphatic rings. The van der Waals surface area contributed by atoms with Gasteiger partial charge in [0.1, 0.15) is 6.33 Å². The Bertz CT molecular complexity index is 1090. The number of hydrogen-bond donors (Lipinski definition) is 2. The molecule has 25 heavy (non-hydrogen) atoms. The van der Waals surface area contributed by atoms with Gasteiger partial charge in [0.05, 0.1) is 13.3 Å². The molecule has 0 aliphatic heterocycles. The lowest BCUT2D eigenvalue weighted by molar-refractivity contribution is 0.373. The molecule has 8 nitrogen and oxygen atoms in total. The van der Waals surface area contributed by atoms with Gasteiger partial charge in [0.25, 0.3) is 0 Å². The number of phenols is 1. The van der Waals surface area contributed by atoms with Gasteiger partial charge in [-0.15, -0.1) is 15.3 Å². The van der Waals surface area contributed by atoms with Crippen LogP contribution < -0.4 is 10.2 Å². The Morgan fingerprint density at radius 1 is 1.20 bits per heavy atom. The van der Waals surface area contributed by atoms with Crippen molar-refractivity contribution in [2.75, 3.05) is 12.5 Å². The van der Waals surface area contributed by atoms with Crippen LogP contribution in [-0.2, 0) is 0 Å². The van der Waals surface area contributed by atoms with Gasteiger partial charge in [-0.25, -0.2) is 0 Å². The van der Waals surface area contributed by atoms with Gasteiger partial charge in [-0.1, -0.05) is 24.3 Å². The van der Waals surface area contributed by atoms with E-state index in [2.05, 4.69) is 25.8 Å². The molecule has 2 aromatic carbocycles. The van der Waals surface area contributed by atoms with Gasteiger partial charge < -0.3 is 9.84 Å². The standard InChI is InChI=1S/C17H14N6O2/c1-25-15-8-11(6-7-14(15)24)9-18-20-16-12-4-2-3-5-13(12)17-21-19-10-23(17)22-16/h2-10,24H,1H3,(H,20,22)/b18-9-. The van der Waals surface area contributed by atoms with E-state index in [0.717, 1.165) is 16.3 Å². The summed E-state index contributed by atoms with van der Waals surface area (Å²) < 4.78 is 6.69. The summed E-state index contributed by atoms with van der Waals surface area (Å²) in [5, 5.41) is 28.1. The van der Waals surface area contributed by atoms with Crippen LogP contribution in [0.3, 0.4) is 0 Å². The first-order valence-corrected chi connectivity index (χ1v) is 7.51. The average molecular weight is 334 g/mol. The van der Waals surface area contributed by atoms with Gasteiger partial charge >= 0.3 is 0 Å². The molecule has 0 bridgehead atoms. The number of nitrogens with one attached hydrogen (secondary N) is 1. The molecule has 0 unspecified atom stereocenters. The van der Waals surface area contributed by atoms with E-state index in [9.17, 15) is 5.11 Å². The molecule has 8 heteroatoms. The number of anilines is 1. The summed E-state index contributed by atoms with van der Waals surface area (Å²) in [5.41, 5.74) is 4.41. The number of fused-ring (bicyclic) bond motifs is 3. The fraction of sp³-hybridized carbons (Fsp3) is 0.0588. The van der Waals surface area contributed by atoms with Crippen molar-refractivity contribution in [3.05, 3.63) is 54.4 Å². The zero-order chi connectivity index (χ0) is 17.2. The first-order valence-electron chi connectivity index (χ1n) is 7.51. The Balaban J connectivity index is 1.68. The minimum Gasteiger partial charge on any atom is -0.504 e. The minimum absolute atomic E-state index is 0.0818. The van der Waals surface area contributed by atoms with Crippen molar-refractivity contribution in [1.29, 1.82) is 0 Å². The van der Waals surface area contributed by atoms with Gasteiger partial charge in [-0.2, -0.15) is 9.62 Å². The quantitative estimate of drug-likeness (QED) is 0.439. The minimum atomic E-state index is 0.0818. The van der Waals surface area contributed by atoms with E-state index in [1.807, 2.05) is 24.3 Å². The second-order valence-electron chi connectivity index (χ2n) is 5.29.